The molecule has 4 heteroatoms. The number of rotatable bonds is 2. The van der Waals surface area contributed by atoms with Gasteiger partial charge in [0, 0.05) is 6.04 Å². The average molecular weight is 203 g/mol. The lowest BCUT2D eigenvalue weighted by Crippen LogP contribution is -2.46. The van der Waals surface area contributed by atoms with Gasteiger partial charge in [-0.2, -0.15) is 0 Å². The van der Waals surface area contributed by atoms with Gasteiger partial charge in [0.1, 0.15) is 0 Å². The van der Waals surface area contributed by atoms with Crippen LogP contribution in [-0.2, 0) is 9.47 Å². The van der Waals surface area contributed by atoms with Crippen LogP contribution < -0.4 is 5.32 Å². The summed E-state index contributed by atoms with van der Waals surface area (Å²) in [7, 11) is 0. The van der Waals surface area contributed by atoms with Gasteiger partial charge in [-0.15, -0.1) is 0 Å². The third-order valence-corrected chi connectivity index (χ3v) is 2.22. The molecule has 1 rings (SSSR count). The molecule has 84 valence electrons. The molecule has 1 heterocycles. The topological polar surface area (TPSA) is 50.7 Å². The van der Waals surface area contributed by atoms with Crippen LogP contribution in [0.25, 0.3) is 0 Å². The molecule has 1 saturated heterocycles. The van der Waals surface area contributed by atoms with Crippen molar-refractivity contribution in [3.8, 4) is 0 Å². The lowest BCUT2D eigenvalue weighted by molar-refractivity contribution is -0.203. The predicted octanol–water partition coefficient (Wildman–Crippen LogP) is 0.497. The summed E-state index contributed by atoms with van der Waals surface area (Å²) < 4.78 is 10.9. The van der Waals surface area contributed by atoms with Crippen molar-refractivity contribution in [3.05, 3.63) is 0 Å². The van der Waals surface area contributed by atoms with E-state index in [0.29, 0.717) is 19.3 Å². The Morgan fingerprint density at radius 2 is 1.86 bits per heavy atom. The van der Waals surface area contributed by atoms with E-state index in [1.807, 2.05) is 27.7 Å². The van der Waals surface area contributed by atoms with Gasteiger partial charge in [-0.1, -0.05) is 13.8 Å². The first-order valence-corrected chi connectivity index (χ1v) is 5.13. The highest BCUT2D eigenvalue weighted by Crippen LogP contribution is 2.17. The quantitative estimate of drug-likeness (QED) is 0.686. The molecule has 0 aromatic carbocycles. The van der Waals surface area contributed by atoms with Gasteiger partial charge in [0.25, 0.3) is 0 Å². The zero-order valence-electron chi connectivity index (χ0n) is 9.41. The largest absolute Gasteiger partial charge is 0.389 e. The molecule has 2 atom stereocenters. The molecular formula is C10H21NO3. The fourth-order valence-electron chi connectivity index (χ4n) is 1.43. The van der Waals surface area contributed by atoms with Crippen molar-refractivity contribution < 1.29 is 14.6 Å². The minimum Gasteiger partial charge on any atom is -0.389 e. The number of aliphatic hydroxyl groups excluding tert-OH is 1. The fraction of sp³-hybridized carbons (Fsp3) is 1.00. The third-order valence-electron chi connectivity index (χ3n) is 2.22. The van der Waals surface area contributed by atoms with Crippen LogP contribution in [0.15, 0.2) is 0 Å². The van der Waals surface area contributed by atoms with Gasteiger partial charge in [0.2, 0.25) is 0 Å². The highest BCUT2D eigenvalue weighted by Gasteiger charge is 2.31. The van der Waals surface area contributed by atoms with E-state index in [0.717, 1.165) is 0 Å². The molecule has 0 amide bonds. The standard InChI is InChI=1S/C10H21NO3/c1-7(2)11-8-5-13-10(3,4)14-6-9(8)12/h7-9,11-12H,5-6H2,1-4H3/t8-,9-/m1/s1. The monoisotopic (exact) mass is 203 g/mol. The van der Waals surface area contributed by atoms with Gasteiger partial charge >= 0.3 is 0 Å². The van der Waals surface area contributed by atoms with E-state index in [2.05, 4.69) is 5.32 Å². The van der Waals surface area contributed by atoms with Crippen LogP contribution in [0.1, 0.15) is 27.7 Å². The number of hydrogen-bond donors (Lipinski definition) is 2. The highest BCUT2D eigenvalue weighted by molar-refractivity contribution is 4.80. The zero-order chi connectivity index (χ0) is 10.8. The summed E-state index contributed by atoms with van der Waals surface area (Å²) in [5, 5.41) is 13.0. The first-order valence-electron chi connectivity index (χ1n) is 5.13. The van der Waals surface area contributed by atoms with E-state index in [4.69, 9.17) is 9.47 Å². The summed E-state index contributed by atoms with van der Waals surface area (Å²) in [6.07, 6.45) is -0.501. The molecule has 1 aliphatic rings. The maximum Gasteiger partial charge on any atom is 0.162 e. The number of aliphatic hydroxyl groups is 1. The van der Waals surface area contributed by atoms with Crippen molar-refractivity contribution in [1.29, 1.82) is 0 Å². The van der Waals surface area contributed by atoms with Crippen LogP contribution in [0, 0.1) is 0 Å². The number of nitrogens with one attached hydrogen (secondary N) is 1. The zero-order valence-corrected chi connectivity index (χ0v) is 9.41. The Balaban J connectivity index is 2.51. The van der Waals surface area contributed by atoms with Crippen molar-refractivity contribution in [2.45, 2.75) is 51.7 Å². The molecule has 14 heavy (non-hydrogen) atoms. The second kappa shape index (κ2) is 4.57. The van der Waals surface area contributed by atoms with Crippen LogP contribution in [-0.4, -0.2) is 42.3 Å². The lowest BCUT2D eigenvalue weighted by atomic mass is 10.1. The minimum atomic E-state index is -0.589. The smallest absolute Gasteiger partial charge is 0.162 e. The summed E-state index contributed by atoms with van der Waals surface area (Å²) in [4.78, 5) is 0. The van der Waals surface area contributed by atoms with E-state index >= 15 is 0 Å². The van der Waals surface area contributed by atoms with Gasteiger partial charge in [-0.05, 0) is 13.8 Å². The molecule has 2 N–H and O–H groups in total. The van der Waals surface area contributed by atoms with Crippen molar-refractivity contribution in [1.82, 2.24) is 5.32 Å². The number of ether oxygens (including phenoxy) is 2. The molecule has 1 aliphatic heterocycles. The van der Waals surface area contributed by atoms with Crippen molar-refractivity contribution in [3.63, 3.8) is 0 Å². The van der Waals surface area contributed by atoms with Gasteiger partial charge < -0.3 is 19.9 Å². The summed E-state index contributed by atoms with van der Waals surface area (Å²) in [5.74, 6) is -0.589. The normalized spacial score (nSPS) is 33.0. The summed E-state index contributed by atoms with van der Waals surface area (Å²) in [6.45, 7) is 8.60. The average Bonchev–Trinajstić information content (AvgIpc) is 2.17. The van der Waals surface area contributed by atoms with Crippen LogP contribution in [0.3, 0.4) is 0 Å². The van der Waals surface area contributed by atoms with Crippen LogP contribution >= 0.6 is 0 Å². The van der Waals surface area contributed by atoms with Crippen molar-refractivity contribution in [2.24, 2.45) is 0 Å². The Morgan fingerprint density at radius 3 is 2.43 bits per heavy atom. The van der Waals surface area contributed by atoms with Crippen LogP contribution in [0.4, 0.5) is 0 Å². The fourth-order valence-corrected chi connectivity index (χ4v) is 1.43. The molecule has 0 aromatic rings. The Morgan fingerprint density at radius 1 is 1.29 bits per heavy atom. The first-order chi connectivity index (χ1) is 6.41. The first kappa shape index (κ1) is 11.9. The van der Waals surface area contributed by atoms with E-state index in [1.165, 1.54) is 0 Å². The SMILES string of the molecule is CC(C)N[C@@H]1COC(C)(C)OC[C@H]1O. The number of hydrogen-bond acceptors (Lipinski definition) is 4. The molecule has 4 nitrogen and oxygen atoms in total. The second-order valence-corrected chi connectivity index (χ2v) is 4.52. The van der Waals surface area contributed by atoms with Gasteiger partial charge in [0.15, 0.2) is 5.79 Å². The summed E-state index contributed by atoms with van der Waals surface area (Å²) in [6, 6.07) is 0.288. The van der Waals surface area contributed by atoms with E-state index < -0.39 is 11.9 Å². The van der Waals surface area contributed by atoms with Crippen molar-refractivity contribution in [2.75, 3.05) is 13.2 Å². The molecule has 0 aliphatic carbocycles. The Kier molecular flexibility index (Phi) is 3.89. The summed E-state index contributed by atoms with van der Waals surface area (Å²) >= 11 is 0. The third kappa shape index (κ3) is 3.53. The Hall–Kier alpha value is -0.160. The van der Waals surface area contributed by atoms with E-state index in [9.17, 15) is 5.11 Å². The molecule has 1 fully saturated rings. The maximum absolute atomic E-state index is 9.76. The lowest BCUT2D eigenvalue weighted by Gasteiger charge is -2.23. The summed E-state index contributed by atoms with van der Waals surface area (Å²) in [5.41, 5.74) is 0. The molecule has 0 unspecified atom stereocenters. The van der Waals surface area contributed by atoms with Crippen LogP contribution in [0.5, 0.6) is 0 Å². The highest BCUT2D eigenvalue weighted by atomic mass is 16.7. The Bertz CT molecular complexity index is 182. The van der Waals surface area contributed by atoms with Crippen molar-refractivity contribution >= 4 is 0 Å². The molecule has 0 aromatic heterocycles. The molecule has 0 radical (unpaired) electrons. The molecule has 0 spiro atoms. The minimum absolute atomic E-state index is 0.0447. The second-order valence-electron chi connectivity index (χ2n) is 4.52. The van der Waals surface area contributed by atoms with Gasteiger partial charge in [-0.3, -0.25) is 0 Å². The maximum atomic E-state index is 9.76. The van der Waals surface area contributed by atoms with Crippen LogP contribution in [0.2, 0.25) is 0 Å². The van der Waals surface area contributed by atoms with E-state index in [1.54, 1.807) is 0 Å². The van der Waals surface area contributed by atoms with Gasteiger partial charge in [0.05, 0.1) is 25.4 Å². The molecule has 0 bridgehead atoms. The predicted molar refractivity (Wildman–Crippen MR) is 54.0 cm³/mol. The molecular weight excluding hydrogens is 182 g/mol. The van der Waals surface area contributed by atoms with E-state index in [-0.39, 0.29) is 6.04 Å². The molecule has 0 saturated carbocycles. The van der Waals surface area contributed by atoms with Gasteiger partial charge in [-0.25, -0.2) is 0 Å². The Labute approximate surface area is 85.6 Å².